The minimum atomic E-state index is -4.47. The summed E-state index contributed by atoms with van der Waals surface area (Å²) in [7, 11) is -2.52. The lowest BCUT2D eigenvalue weighted by molar-refractivity contribution is -0.137. The second-order valence-electron chi connectivity index (χ2n) is 9.63. The van der Waals surface area contributed by atoms with Crippen molar-refractivity contribution in [2.45, 2.75) is 37.4 Å². The van der Waals surface area contributed by atoms with E-state index in [0.717, 1.165) is 32.9 Å². The highest BCUT2D eigenvalue weighted by atomic mass is 32.2. The van der Waals surface area contributed by atoms with Crippen LogP contribution in [0.5, 0.6) is 5.75 Å². The largest absolute Gasteiger partial charge is 0.497 e. The summed E-state index contributed by atoms with van der Waals surface area (Å²) in [6.45, 7) is 1.80. The summed E-state index contributed by atoms with van der Waals surface area (Å²) in [6.07, 6.45) is -1.66. The van der Waals surface area contributed by atoms with Crippen molar-refractivity contribution in [1.82, 2.24) is 14.2 Å². The van der Waals surface area contributed by atoms with Gasteiger partial charge < -0.3 is 14.6 Å². The van der Waals surface area contributed by atoms with Crippen LogP contribution in [0.1, 0.15) is 30.0 Å². The average molecular weight is 588 g/mol. The van der Waals surface area contributed by atoms with E-state index >= 15 is 0 Å². The molecule has 41 heavy (non-hydrogen) atoms. The summed E-state index contributed by atoms with van der Waals surface area (Å²) < 4.78 is 72.5. The van der Waals surface area contributed by atoms with Crippen LogP contribution in [0.15, 0.2) is 83.9 Å². The number of methoxy groups -OCH3 is 1. The molecule has 218 valence electrons. The molecule has 3 aromatic carbocycles. The molecule has 1 aromatic heterocycles. The van der Waals surface area contributed by atoms with E-state index in [0.29, 0.717) is 24.2 Å². The highest BCUT2D eigenvalue weighted by molar-refractivity contribution is 7.89. The molecule has 0 aliphatic heterocycles. The predicted octanol–water partition coefficient (Wildman–Crippen LogP) is 5.87. The Morgan fingerprint density at radius 2 is 1.63 bits per heavy atom. The van der Waals surface area contributed by atoms with Gasteiger partial charge in [-0.15, -0.1) is 0 Å². The van der Waals surface area contributed by atoms with E-state index in [-0.39, 0.29) is 24.5 Å². The van der Waals surface area contributed by atoms with E-state index < -0.39 is 34.2 Å². The van der Waals surface area contributed by atoms with Crippen LogP contribution in [0.25, 0.3) is 10.9 Å². The third-order valence-corrected chi connectivity index (χ3v) is 8.67. The zero-order valence-corrected chi connectivity index (χ0v) is 23.6. The molecule has 0 bridgehead atoms. The van der Waals surface area contributed by atoms with Crippen molar-refractivity contribution in [3.05, 3.63) is 95.7 Å². The van der Waals surface area contributed by atoms with Crippen molar-refractivity contribution in [3.8, 4) is 5.75 Å². The molecule has 4 rings (SSSR count). The van der Waals surface area contributed by atoms with E-state index in [1.54, 1.807) is 0 Å². The quantitative estimate of drug-likeness (QED) is 0.225. The number of rotatable bonds is 12. The van der Waals surface area contributed by atoms with Crippen LogP contribution in [0.2, 0.25) is 0 Å². The summed E-state index contributed by atoms with van der Waals surface area (Å²) >= 11 is 0. The predicted molar refractivity (Wildman–Crippen MR) is 151 cm³/mol. The first kappa shape index (κ1) is 30.1. The highest BCUT2D eigenvalue weighted by Crippen LogP contribution is 2.29. The van der Waals surface area contributed by atoms with Crippen molar-refractivity contribution in [1.29, 1.82) is 0 Å². The number of nitrogens with one attached hydrogen (secondary N) is 1. The summed E-state index contributed by atoms with van der Waals surface area (Å²) in [5.74, 6) is 0.0531. The van der Waals surface area contributed by atoms with Gasteiger partial charge in [-0.05, 0) is 66.4 Å². The third-order valence-electron chi connectivity index (χ3n) is 6.82. The Balaban J connectivity index is 1.58. The first-order valence-corrected chi connectivity index (χ1v) is 14.6. The standard InChI is InChI=1S/C30H32F3N3O4S/c1-3-17-36(41(38,39)26-14-12-25(40-2)13-15-26)21-29(37)35(20-22-8-10-24(11-9-22)30(31,32)33)18-16-23-19-34-28-7-5-4-6-27(23)28/h4-15,19,34H,3,16-18,20-21H2,1-2H3. The molecule has 0 spiro atoms. The Bertz CT molecular complexity index is 1570. The number of carbonyl (C=O) groups excluding carboxylic acids is 1. The molecule has 7 nitrogen and oxygen atoms in total. The number of aromatic nitrogens is 1. The van der Waals surface area contributed by atoms with Crippen LogP contribution in [-0.2, 0) is 34.0 Å². The minimum absolute atomic E-state index is 0.0296. The fourth-order valence-corrected chi connectivity index (χ4v) is 6.07. The van der Waals surface area contributed by atoms with Crippen molar-refractivity contribution in [2.24, 2.45) is 0 Å². The number of carbonyl (C=O) groups is 1. The zero-order chi connectivity index (χ0) is 29.6. The topological polar surface area (TPSA) is 82.7 Å². The van der Waals surface area contributed by atoms with Crippen LogP contribution in [0.3, 0.4) is 0 Å². The third kappa shape index (κ3) is 7.28. The smallest absolute Gasteiger partial charge is 0.416 e. The molecule has 0 saturated carbocycles. The molecule has 1 amide bonds. The van der Waals surface area contributed by atoms with Crippen LogP contribution in [-0.4, -0.2) is 55.3 Å². The van der Waals surface area contributed by atoms with Gasteiger partial charge in [0.05, 0.1) is 24.1 Å². The summed E-state index contributed by atoms with van der Waals surface area (Å²) in [4.78, 5) is 18.4. The molecular weight excluding hydrogens is 555 g/mol. The maximum atomic E-state index is 13.7. The molecule has 0 fully saturated rings. The first-order chi connectivity index (χ1) is 19.5. The molecule has 1 heterocycles. The maximum absolute atomic E-state index is 13.7. The molecule has 4 aromatic rings. The number of nitrogens with zero attached hydrogens (tertiary/aromatic N) is 2. The number of benzene rings is 3. The molecule has 0 atom stereocenters. The number of alkyl halides is 3. The van der Waals surface area contributed by atoms with Gasteiger partial charge in [-0.2, -0.15) is 17.5 Å². The fraction of sp³-hybridized carbons (Fsp3) is 0.300. The number of para-hydroxylation sites is 1. The molecule has 0 saturated heterocycles. The lowest BCUT2D eigenvalue weighted by Crippen LogP contribution is -2.43. The molecule has 0 radical (unpaired) electrons. The summed E-state index contributed by atoms with van der Waals surface area (Å²) in [6, 6.07) is 18.3. The number of hydrogen-bond acceptors (Lipinski definition) is 4. The Labute approximate surface area is 237 Å². The summed E-state index contributed by atoms with van der Waals surface area (Å²) in [5.41, 5.74) is 1.65. The van der Waals surface area contributed by atoms with Gasteiger partial charge in [0.15, 0.2) is 0 Å². The number of sulfonamides is 1. The van der Waals surface area contributed by atoms with Crippen LogP contribution in [0.4, 0.5) is 13.2 Å². The Hall–Kier alpha value is -3.83. The Morgan fingerprint density at radius 1 is 0.951 bits per heavy atom. The van der Waals surface area contributed by atoms with Crippen LogP contribution >= 0.6 is 0 Å². The van der Waals surface area contributed by atoms with Gasteiger partial charge in [-0.3, -0.25) is 4.79 Å². The van der Waals surface area contributed by atoms with Crippen molar-refractivity contribution < 1.29 is 31.1 Å². The molecular formula is C30H32F3N3O4S. The maximum Gasteiger partial charge on any atom is 0.416 e. The SMILES string of the molecule is CCCN(CC(=O)N(CCc1c[nH]c2ccccc12)Cc1ccc(C(F)(F)F)cc1)S(=O)(=O)c1ccc(OC)cc1. The van der Waals surface area contributed by atoms with E-state index in [1.165, 1.54) is 48.4 Å². The molecule has 0 aliphatic rings. The molecule has 0 unspecified atom stereocenters. The van der Waals surface area contributed by atoms with Gasteiger partial charge in [-0.25, -0.2) is 8.42 Å². The van der Waals surface area contributed by atoms with Crippen LogP contribution in [0, 0.1) is 0 Å². The van der Waals surface area contributed by atoms with Gasteiger partial charge in [-0.1, -0.05) is 37.3 Å². The van der Waals surface area contributed by atoms with Gasteiger partial charge in [0.2, 0.25) is 15.9 Å². The van der Waals surface area contributed by atoms with E-state index in [2.05, 4.69) is 4.98 Å². The zero-order valence-electron chi connectivity index (χ0n) is 22.8. The summed E-state index contributed by atoms with van der Waals surface area (Å²) in [5, 5.41) is 1.00. The van der Waals surface area contributed by atoms with Crippen molar-refractivity contribution in [2.75, 3.05) is 26.7 Å². The van der Waals surface area contributed by atoms with Gasteiger partial charge in [0.25, 0.3) is 0 Å². The highest BCUT2D eigenvalue weighted by Gasteiger charge is 2.31. The second kappa shape index (κ2) is 12.8. The number of H-pyrrole nitrogens is 1. The molecule has 0 aliphatic carbocycles. The number of amides is 1. The normalized spacial score (nSPS) is 12.1. The Kier molecular flexibility index (Phi) is 9.39. The number of ether oxygens (including phenoxy) is 1. The number of fused-ring (bicyclic) bond motifs is 1. The monoisotopic (exact) mass is 587 g/mol. The first-order valence-electron chi connectivity index (χ1n) is 13.2. The van der Waals surface area contributed by atoms with Gasteiger partial charge in [0, 0.05) is 36.7 Å². The lowest BCUT2D eigenvalue weighted by atomic mass is 10.1. The van der Waals surface area contributed by atoms with E-state index in [1.807, 2.05) is 37.4 Å². The second-order valence-corrected chi connectivity index (χ2v) is 11.6. The van der Waals surface area contributed by atoms with Crippen molar-refractivity contribution >= 4 is 26.8 Å². The number of hydrogen-bond donors (Lipinski definition) is 1. The number of aromatic amines is 1. The molecule has 1 N–H and O–H groups in total. The fourth-order valence-electron chi connectivity index (χ4n) is 4.59. The van der Waals surface area contributed by atoms with Crippen LogP contribution < -0.4 is 4.74 Å². The number of halogens is 3. The van der Waals surface area contributed by atoms with Crippen molar-refractivity contribution in [3.63, 3.8) is 0 Å². The van der Waals surface area contributed by atoms with Gasteiger partial charge in [0.1, 0.15) is 5.75 Å². The lowest BCUT2D eigenvalue weighted by Gasteiger charge is -2.27. The van der Waals surface area contributed by atoms with E-state index in [9.17, 15) is 26.4 Å². The van der Waals surface area contributed by atoms with E-state index in [4.69, 9.17) is 4.74 Å². The Morgan fingerprint density at radius 3 is 2.27 bits per heavy atom. The minimum Gasteiger partial charge on any atom is -0.497 e. The molecule has 11 heteroatoms. The van der Waals surface area contributed by atoms with Gasteiger partial charge >= 0.3 is 6.18 Å². The average Bonchev–Trinajstić information content (AvgIpc) is 3.37.